The minimum Gasteiger partial charge on any atom is -0.312 e. The summed E-state index contributed by atoms with van der Waals surface area (Å²) in [6, 6.07) is 4.70. The maximum absolute atomic E-state index is 13.1. The Morgan fingerprint density at radius 3 is 2.47 bits per heavy atom. The molecule has 0 saturated heterocycles. The van der Waals surface area contributed by atoms with Gasteiger partial charge < -0.3 is 5.32 Å². The maximum Gasteiger partial charge on any atom is 0.416 e. The first-order valence-electron chi connectivity index (χ1n) is 6.93. The molecule has 1 aliphatic carbocycles. The van der Waals surface area contributed by atoms with Gasteiger partial charge in [-0.3, -0.25) is 0 Å². The lowest BCUT2D eigenvalue weighted by molar-refractivity contribution is -0.138. The van der Waals surface area contributed by atoms with E-state index >= 15 is 0 Å². The number of nitrogens with one attached hydrogen (secondary N) is 1. The minimum absolute atomic E-state index is 0.0624. The van der Waals surface area contributed by atoms with Crippen molar-refractivity contribution >= 4 is 0 Å². The van der Waals surface area contributed by atoms with Crippen molar-refractivity contribution in [2.45, 2.75) is 50.2 Å². The molecule has 1 heterocycles. The van der Waals surface area contributed by atoms with Gasteiger partial charge in [0, 0.05) is 18.5 Å². The zero-order chi connectivity index (χ0) is 13.5. The highest BCUT2D eigenvalue weighted by molar-refractivity contribution is 5.44. The second kappa shape index (κ2) is 4.51. The lowest BCUT2D eigenvalue weighted by atomic mass is 9.66. The van der Waals surface area contributed by atoms with E-state index < -0.39 is 11.7 Å². The van der Waals surface area contributed by atoms with E-state index in [9.17, 15) is 13.2 Å². The van der Waals surface area contributed by atoms with E-state index in [1.165, 1.54) is 12.5 Å². The van der Waals surface area contributed by atoms with Gasteiger partial charge in [-0.1, -0.05) is 31.4 Å². The van der Waals surface area contributed by atoms with E-state index in [2.05, 4.69) is 5.32 Å². The SMILES string of the molecule is FC(F)(F)c1cccc2c1CNCC21CCCCC1. The first kappa shape index (κ1) is 13.0. The Bertz CT molecular complexity index is 473. The second-order valence-electron chi connectivity index (χ2n) is 5.77. The second-order valence-corrected chi connectivity index (χ2v) is 5.77. The molecular formula is C15H18F3N. The van der Waals surface area contributed by atoms with Gasteiger partial charge in [-0.15, -0.1) is 0 Å². The fourth-order valence-electron chi connectivity index (χ4n) is 3.74. The van der Waals surface area contributed by atoms with Crippen LogP contribution >= 0.6 is 0 Å². The van der Waals surface area contributed by atoms with Gasteiger partial charge in [-0.2, -0.15) is 13.2 Å². The monoisotopic (exact) mass is 269 g/mol. The molecule has 1 aromatic rings. The topological polar surface area (TPSA) is 12.0 Å². The Labute approximate surface area is 111 Å². The fourth-order valence-corrected chi connectivity index (χ4v) is 3.74. The van der Waals surface area contributed by atoms with Crippen LogP contribution in [0.3, 0.4) is 0 Å². The summed E-state index contributed by atoms with van der Waals surface area (Å²) in [6.45, 7) is 1.16. The normalized spacial score (nSPS) is 22.3. The average molecular weight is 269 g/mol. The third kappa shape index (κ3) is 2.16. The van der Waals surface area contributed by atoms with E-state index in [-0.39, 0.29) is 5.41 Å². The number of hydrogen-bond acceptors (Lipinski definition) is 1. The van der Waals surface area contributed by atoms with Gasteiger partial charge in [-0.25, -0.2) is 0 Å². The van der Waals surface area contributed by atoms with Gasteiger partial charge in [0.05, 0.1) is 5.56 Å². The summed E-state index contributed by atoms with van der Waals surface area (Å²) in [4.78, 5) is 0. The lowest BCUT2D eigenvalue weighted by Crippen LogP contribution is -2.45. The molecule has 4 heteroatoms. The Balaban J connectivity index is 2.11. The molecule has 0 amide bonds. The van der Waals surface area contributed by atoms with Gasteiger partial charge in [0.15, 0.2) is 0 Å². The van der Waals surface area contributed by atoms with Gasteiger partial charge in [-0.05, 0) is 30.0 Å². The smallest absolute Gasteiger partial charge is 0.312 e. The van der Waals surface area contributed by atoms with Crippen molar-refractivity contribution in [3.05, 3.63) is 34.9 Å². The van der Waals surface area contributed by atoms with E-state index in [0.717, 1.165) is 37.8 Å². The van der Waals surface area contributed by atoms with E-state index in [0.29, 0.717) is 12.1 Å². The summed E-state index contributed by atoms with van der Waals surface area (Å²) in [5.41, 5.74) is 0.902. The van der Waals surface area contributed by atoms with Gasteiger partial charge in [0.25, 0.3) is 0 Å². The standard InChI is InChI=1S/C15H18F3N/c16-15(17,18)13-6-4-5-12-11(13)9-19-10-14(12)7-2-1-3-8-14/h4-6,19H,1-3,7-10H2. The van der Waals surface area contributed by atoms with E-state index in [4.69, 9.17) is 0 Å². The first-order chi connectivity index (χ1) is 9.03. The Morgan fingerprint density at radius 1 is 1.05 bits per heavy atom. The number of fused-ring (bicyclic) bond motifs is 2. The molecule has 1 N–H and O–H groups in total. The zero-order valence-corrected chi connectivity index (χ0v) is 10.8. The average Bonchev–Trinajstić information content (AvgIpc) is 2.39. The third-order valence-electron chi connectivity index (χ3n) is 4.63. The van der Waals surface area contributed by atoms with Crippen molar-refractivity contribution in [3.63, 3.8) is 0 Å². The summed E-state index contributed by atoms with van der Waals surface area (Å²) < 4.78 is 39.3. The molecule has 0 atom stereocenters. The number of rotatable bonds is 0. The van der Waals surface area contributed by atoms with Gasteiger partial charge >= 0.3 is 6.18 Å². The minimum atomic E-state index is -4.25. The molecular weight excluding hydrogens is 251 g/mol. The summed E-state index contributed by atoms with van der Waals surface area (Å²) in [6.07, 6.45) is 1.22. The van der Waals surface area contributed by atoms with Crippen molar-refractivity contribution in [2.24, 2.45) is 0 Å². The van der Waals surface area contributed by atoms with Crippen molar-refractivity contribution in [2.75, 3.05) is 6.54 Å². The first-order valence-corrected chi connectivity index (χ1v) is 6.93. The molecule has 3 rings (SSSR count). The van der Waals surface area contributed by atoms with Gasteiger partial charge in [0.2, 0.25) is 0 Å². The fraction of sp³-hybridized carbons (Fsp3) is 0.600. The summed E-state index contributed by atoms with van der Waals surface area (Å²) in [5, 5.41) is 3.21. The molecule has 0 aromatic heterocycles. The van der Waals surface area contributed by atoms with Crippen LogP contribution < -0.4 is 5.32 Å². The maximum atomic E-state index is 13.1. The molecule has 0 radical (unpaired) electrons. The van der Waals surface area contributed by atoms with Crippen LogP contribution in [0.5, 0.6) is 0 Å². The molecule has 1 nitrogen and oxygen atoms in total. The van der Waals surface area contributed by atoms with Crippen molar-refractivity contribution in [3.8, 4) is 0 Å². The van der Waals surface area contributed by atoms with Gasteiger partial charge in [0.1, 0.15) is 0 Å². The van der Waals surface area contributed by atoms with Crippen LogP contribution in [0, 0.1) is 0 Å². The van der Waals surface area contributed by atoms with Crippen molar-refractivity contribution in [1.82, 2.24) is 5.32 Å². The zero-order valence-electron chi connectivity index (χ0n) is 10.8. The van der Waals surface area contributed by atoms with Crippen LogP contribution in [0.2, 0.25) is 0 Å². The number of halogens is 3. The quantitative estimate of drug-likeness (QED) is 0.750. The lowest BCUT2D eigenvalue weighted by Gasteiger charge is -2.43. The molecule has 2 aliphatic rings. The molecule has 19 heavy (non-hydrogen) atoms. The molecule has 1 aliphatic heterocycles. The number of hydrogen-bond donors (Lipinski definition) is 1. The van der Waals surface area contributed by atoms with Crippen LogP contribution in [0.4, 0.5) is 13.2 Å². The van der Waals surface area contributed by atoms with Crippen LogP contribution in [0.1, 0.15) is 48.8 Å². The highest BCUT2D eigenvalue weighted by Crippen LogP contribution is 2.45. The van der Waals surface area contributed by atoms with Crippen LogP contribution in [-0.4, -0.2) is 6.54 Å². The van der Waals surface area contributed by atoms with E-state index in [1.54, 1.807) is 6.07 Å². The number of alkyl halides is 3. The Kier molecular flexibility index (Phi) is 3.08. The highest BCUT2D eigenvalue weighted by Gasteiger charge is 2.42. The molecule has 1 fully saturated rings. The Hall–Kier alpha value is -1.03. The number of benzene rings is 1. The molecule has 104 valence electrons. The van der Waals surface area contributed by atoms with Crippen molar-refractivity contribution in [1.29, 1.82) is 0 Å². The van der Waals surface area contributed by atoms with Crippen molar-refractivity contribution < 1.29 is 13.2 Å². The van der Waals surface area contributed by atoms with E-state index in [1.807, 2.05) is 6.07 Å². The highest BCUT2D eigenvalue weighted by atomic mass is 19.4. The molecule has 0 unspecified atom stereocenters. The van der Waals surface area contributed by atoms with Crippen LogP contribution in [0.25, 0.3) is 0 Å². The summed E-state index contributed by atoms with van der Waals surface area (Å²) in [5.74, 6) is 0. The molecule has 1 aromatic carbocycles. The largest absolute Gasteiger partial charge is 0.416 e. The third-order valence-corrected chi connectivity index (χ3v) is 4.63. The molecule has 0 bridgehead atoms. The predicted octanol–water partition coefficient (Wildman–Crippen LogP) is 4.01. The molecule has 1 spiro atoms. The Morgan fingerprint density at radius 2 is 1.79 bits per heavy atom. The summed E-state index contributed by atoms with van der Waals surface area (Å²) in [7, 11) is 0. The summed E-state index contributed by atoms with van der Waals surface area (Å²) >= 11 is 0. The van der Waals surface area contributed by atoms with Crippen LogP contribution in [0.15, 0.2) is 18.2 Å². The molecule has 1 saturated carbocycles. The predicted molar refractivity (Wildman–Crippen MR) is 67.9 cm³/mol. The van der Waals surface area contributed by atoms with Crippen LogP contribution in [-0.2, 0) is 18.1 Å².